The normalized spacial score (nSPS) is 11.5. The van der Waals surface area contributed by atoms with E-state index in [0.29, 0.717) is 22.6 Å². The molecule has 0 saturated heterocycles. The lowest BCUT2D eigenvalue weighted by molar-refractivity contribution is -0.114. The van der Waals surface area contributed by atoms with Gasteiger partial charge < -0.3 is 16.8 Å². The zero-order valence-corrected chi connectivity index (χ0v) is 18.1. The molecule has 1 aromatic heterocycles. The number of aromatic nitrogens is 2. The number of nitrogens with two attached hydrogens (primary N) is 2. The molecule has 5 N–H and O–H groups in total. The summed E-state index contributed by atoms with van der Waals surface area (Å²) in [6, 6.07) is 14.5. The van der Waals surface area contributed by atoms with Gasteiger partial charge in [-0.2, -0.15) is 0 Å². The summed E-state index contributed by atoms with van der Waals surface area (Å²) in [5, 5.41) is 2.73. The lowest BCUT2D eigenvalue weighted by atomic mass is 10.1. The molecular weight excluding hydrogens is 410 g/mol. The molecule has 3 rings (SSSR count). The van der Waals surface area contributed by atoms with Gasteiger partial charge in [-0.3, -0.25) is 9.00 Å². The Hall–Kier alpha value is -3.54. The Balaban J connectivity index is 1.86. The van der Waals surface area contributed by atoms with E-state index in [1.165, 1.54) is 0 Å². The summed E-state index contributed by atoms with van der Waals surface area (Å²) in [5.74, 6) is 5.88. The summed E-state index contributed by atoms with van der Waals surface area (Å²) in [5.41, 5.74) is 14.4. The average Bonchev–Trinajstić information content (AvgIpc) is 2.78. The van der Waals surface area contributed by atoms with Crippen molar-refractivity contribution < 1.29 is 9.00 Å². The lowest BCUT2D eigenvalue weighted by Crippen LogP contribution is -2.21. The number of nitrogens with zero attached hydrogens (tertiary/aromatic N) is 2. The molecule has 0 aliphatic carbocycles. The fourth-order valence-corrected chi connectivity index (χ4v) is 3.63. The van der Waals surface area contributed by atoms with E-state index in [0.717, 1.165) is 10.5 Å². The van der Waals surface area contributed by atoms with E-state index in [1.807, 2.05) is 44.2 Å². The molecule has 1 heterocycles. The van der Waals surface area contributed by atoms with E-state index in [4.69, 9.17) is 11.5 Å². The molecule has 3 aromatic rings. The first-order chi connectivity index (χ1) is 14.9. The zero-order chi connectivity index (χ0) is 22.4. The van der Waals surface area contributed by atoms with Crippen molar-refractivity contribution >= 4 is 28.2 Å². The number of nitrogens with one attached hydrogen (secondary N) is 1. The number of amides is 1. The minimum absolute atomic E-state index is 0.0474. The van der Waals surface area contributed by atoms with Gasteiger partial charge in [0.2, 0.25) is 5.91 Å². The zero-order valence-electron chi connectivity index (χ0n) is 17.3. The molecule has 0 saturated carbocycles. The Morgan fingerprint density at radius 1 is 1.16 bits per heavy atom. The first-order valence-corrected chi connectivity index (χ1v) is 10.8. The smallest absolute Gasteiger partial charge is 0.238 e. The van der Waals surface area contributed by atoms with Crippen LogP contribution in [0.1, 0.15) is 25.1 Å². The van der Waals surface area contributed by atoms with Crippen molar-refractivity contribution in [2.45, 2.75) is 24.0 Å². The molecular formula is C23H23N5O2S. The molecule has 0 bridgehead atoms. The van der Waals surface area contributed by atoms with Crippen LogP contribution < -0.4 is 16.8 Å². The molecule has 158 valence electrons. The third kappa shape index (κ3) is 5.75. The van der Waals surface area contributed by atoms with Gasteiger partial charge in [0, 0.05) is 27.0 Å². The van der Waals surface area contributed by atoms with Gasteiger partial charge in [-0.05, 0) is 36.3 Å². The van der Waals surface area contributed by atoms with E-state index in [-0.39, 0.29) is 23.5 Å². The number of carbonyl (C=O) groups is 1. The summed E-state index contributed by atoms with van der Waals surface area (Å²) in [4.78, 5) is 21.0. The third-order valence-corrected chi connectivity index (χ3v) is 5.86. The van der Waals surface area contributed by atoms with E-state index >= 15 is 0 Å². The van der Waals surface area contributed by atoms with Crippen LogP contribution in [0.4, 0.5) is 11.5 Å². The van der Waals surface area contributed by atoms with Crippen molar-refractivity contribution in [3.8, 4) is 23.1 Å². The number of benzene rings is 2. The predicted molar refractivity (Wildman–Crippen MR) is 124 cm³/mol. The highest BCUT2D eigenvalue weighted by molar-refractivity contribution is 7.85. The Kier molecular flexibility index (Phi) is 7.13. The van der Waals surface area contributed by atoms with Crippen LogP contribution >= 0.6 is 0 Å². The Bertz CT molecular complexity index is 1180. The van der Waals surface area contributed by atoms with Gasteiger partial charge in [-0.1, -0.05) is 38.0 Å². The molecule has 1 unspecified atom stereocenters. The molecule has 31 heavy (non-hydrogen) atoms. The number of hydrogen-bond donors (Lipinski definition) is 3. The monoisotopic (exact) mass is 433 g/mol. The van der Waals surface area contributed by atoms with Gasteiger partial charge >= 0.3 is 0 Å². The highest BCUT2D eigenvalue weighted by atomic mass is 32.2. The van der Waals surface area contributed by atoms with Crippen LogP contribution in [0.5, 0.6) is 0 Å². The second-order valence-corrected chi connectivity index (χ2v) is 8.95. The number of rotatable bonds is 5. The quantitative estimate of drug-likeness (QED) is 0.531. The summed E-state index contributed by atoms with van der Waals surface area (Å²) >= 11 is 0. The molecule has 1 amide bonds. The van der Waals surface area contributed by atoms with Crippen LogP contribution in [0, 0.1) is 11.8 Å². The number of anilines is 2. The summed E-state index contributed by atoms with van der Waals surface area (Å²) < 4.78 is 12.2. The number of nitrogen functional groups attached to an aromatic ring is 1. The third-order valence-electron chi connectivity index (χ3n) is 4.27. The summed E-state index contributed by atoms with van der Waals surface area (Å²) in [6.07, 6.45) is 1.58. The van der Waals surface area contributed by atoms with Gasteiger partial charge in [0.25, 0.3) is 0 Å². The van der Waals surface area contributed by atoms with Crippen molar-refractivity contribution in [3.63, 3.8) is 0 Å². The van der Waals surface area contributed by atoms with Gasteiger partial charge in [0.15, 0.2) is 11.5 Å². The van der Waals surface area contributed by atoms with E-state index in [9.17, 15) is 9.00 Å². The predicted octanol–water partition coefficient (Wildman–Crippen LogP) is 2.54. The minimum atomic E-state index is -1.05. The van der Waals surface area contributed by atoms with Crippen molar-refractivity contribution in [1.29, 1.82) is 0 Å². The molecule has 8 heteroatoms. The van der Waals surface area contributed by atoms with Crippen molar-refractivity contribution in [3.05, 3.63) is 66.0 Å². The van der Waals surface area contributed by atoms with Crippen LogP contribution in [-0.4, -0.2) is 31.9 Å². The SMILES string of the molecule is CC(C)S(=O)c1ccc(-c2cnc(N)c(C#Cc3cccc(NC(=O)CN)c3)n2)cc1. The van der Waals surface area contributed by atoms with Crippen molar-refractivity contribution in [2.24, 2.45) is 5.73 Å². The summed E-state index contributed by atoms with van der Waals surface area (Å²) in [7, 11) is -1.05. The van der Waals surface area contributed by atoms with Crippen LogP contribution in [0.2, 0.25) is 0 Å². The molecule has 0 aliphatic rings. The Labute approximate surface area is 183 Å². The molecule has 0 spiro atoms. The van der Waals surface area contributed by atoms with Gasteiger partial charge in [0.05, 0.1) is 29.2 Å². The fraction of sp³-hybridized carbons (Fsp3) is 0.174. The van der Waals surface area contributed by atoms with Crippen LogP contribution in [0.25, 0.3) is 11.3 Å². The maximum atomic E-state index is 12.2. The van der Waals surface area contributed by atoms with E-state index < -0.39 is 10.8 Å². The highest BCUT2D eigenvalue weighted by Crippen LogP contribution is 2.21. The maximum absolute atomic E-state index is 12.2. The topological polar surface area (TPSA) is 124 Å². The fourth-order valence-electron chi connectivity index (χ4n) is 2.68. The Morgan fingerprint density at radius 3 is 2.58 bits per heavy atom. The molecule has 1 atom stereocenters. The molecule has 2 aromatic carbocycles. The van der Waals surface area contributed by atoms with Crippen molar-refractivity contribution in [1.82, 2.24) is 9.97 Å². The second-order valence-electron chi connectivity index (χ2n) is 6.94. The van der Waals surface area contributed by atoms with Gasteiger partial charge in [-0.15, -0.1) is 0 Å². The van der Waals surface area contributed by atoms with Crippen LogP contribution in [0.15, 0.2) is 59.6 Å². The first-order valence-electron chi connectivity index (χ1n) is 9.63. The largest absolute Gasteiger partial charge is 0.381 e. The summed E-state index contributed by atoms with van der Waals surface area (Å²) in [6.45, 7) is 3.74. The molecule has 7 nitrogen and oxygen atoms in total. The van der Waals surface area contributed by atoms with Gasteiger partial charge in [0.1, 0.15) is 0 Å². The lowest BCUT2D eigenvalue weighted by Gasteiger charge is -2.07. The van der Waals surface area contributed by atoms with Crippen molar-refractivity contribution in [2.75, 3.05) is 17.6 Å². The molecule has 0 fully saturated rings. The average molecular weight is 434 g/mol. The molecule has 0 aliphatic heterocycles. The maximum Gasteiger partial charge on any atom is 0.238 e. The highest BCUT2D eigenvalue weighted by Gasteiger charge is 2.10. The second kappa shape index (κ2) is 9.98. The standard InChI is InChI=1S/C23H23N5O2S/c1-15(2)31(30)19-9-7-17(8-10-19)21-14-26-23(25)20(28-21)11-6-16-4-3-5-18(12-16)27-22(29)13-24/h3-5,7-10,12,14-15H,13,24H2,1-2H3,(H2,25,26)(H,27,29). The first kappa shape index (κ1) is 22.2. The number of hydrogen-bond acceptors (Lipinski definition) is 6. The molecule has 0 radical (unpaired) electrons. The Morgan fingerprint density at radius 2 is 1.90 bits per heavy atom. The number of carbonyl (C=O) groups excluding carboxylic acids is 1. The van der Waals surface area contributed by atoms with Crippen LogP contribution in [-0.2, 0) is 15.6 Å². The van der Waals surface area contributed by atoms with E-state index in [2.05, 4.69) is 27.1 Å². The van der Waals surface area contributed by atoms with Crippen LogP contribution in [0.3, 0.4) is 0 Å². The van der Waals surface area contributed by atoms with Gasteiger partial charge in [-0.25, -0.2) is 9.97 Å². The van der Waals surface area contributed by atoms with E-state index in [1.54, 1.807) is 24.4 Å². The minimum Gasteiger partial charge on any atom is -0.381 e.